The molecule has 1 saturated carbocycles. The van der Waals surface area contributed by atoms with Crippen LogP contribution in [0.2, 0.25) is 0 Å². The smallest absolute Gasteiger partial charge is 0.120 e. The second-order valence-corrected chi connectivity index (χ2v) is 6.35. The second kappa shape index (κ2) is 6.80. The lowest BCUT2D eigenvalue weighted by atomic mass is 9.88. The second-order valence-electron chi connectivity index (χ2n) is 6.35. The van der Waals surface area contributed by atoms with E-state index >= 15 is 0 Å². The van der Waals surface area contributed by atoms with Gasteiger partial charge in [-0.2, -0.15) is 0 Å². The van der Waals surface area contributed by atoms with Crippen LogP contribution in [0.15, 0.2) is 24.3 Å². The van der Waals surface area contributed by atoms with Crippen LogP contribution in [0.1, 0.15) is 51.1 Å². The predicted octanol–water partition coefficient (Wildman–Crippen LogP) is 3.69. The maximum Gasteiger partial charge on any atom is 0.120 e. The van der Waals surface area contributed by atoms with Crippen molar-refractivity contribution in [1.82, 2.24) is 5.32 Å². The fraction of sp³-hybridized carbons (Fsp3) is 0.667. The molecule has 1 aromatic rings. The largest absolute Gasteiger partial charge is 0.490 e. The monoisotopic (exact) mass is 289 g/mol. The zero-order chi connectivity index (χ0) is 14.7. The van der Waals surface area contributed by atoms with Gasteiger partial charge in [-0.25, -0.2) is 0 Å². The minimum absolute atomic E-state index is 0.326. The number of rotatable bonds is 7. The third-order valence-corrected chi connectivity index (χ3v) is 4.52. The molecular formula is C18H27NO2. The van der Waals surface area contributed by atoms with E-state index in [0.29, 0.717) is 24.2 Å². The van der Waals surface area contributed by atoms with Crippen molar-refractivity contribution in [2.24, 2.45) is 5.92 Å². The molecule has 3 unspecified atom stereocenters. The van der Waals surface area contributed by atoms with Gasteiger partial charge in [0.1, 0.15) is 5.75 Å². The van der Waals surface area contributed by atoms with E-state index < -0.39 is 0 Å². The fourth-order valence-electron chi connectivity index (χ4n) is 3.16. The van der Waals surface area contributed by atoms with E-state index in [1.54, 1.807) is 0 Å². The summed E-state index contributed by atoms with van der Waals surface area (Å²) in [6.07, 6.45) is 5.47. The number of ether oxygens (including phenoxy) is 2. The Morgan fingerprint density at radius 3 is 2.86 bits per heavy atom. The van der Waals surface area contributed by atoms with Crippen LogP contribution >= 0.6 is 0 Å². The highest BCUT2D eigenvalue weighted by Gasteiger charge is 2.32. The van der Waals surface area contributed by atoms with Crippen molar-refractivity contribution in [3.63, 3.8) is 0 Å². The lowest BCUT2D eigenvalue weighted by molar-refractivity contribution is 0.0953. The highest BCUT2D eigenvalue weighted by atomic mass is 16.5. The molecule has 0 bridgehead atoms. The van der Waals surface area contributed by atoms with Gasteiger partial charge >= 0.3 is 0 Å². The first-order valence-electron chi connectivity index (χ1n) is 8.39. The zero-order valence-corrected chi connectivity index (χ0v) is 13.2. The molecule has 1 aliphatic carbocycles. The fourth-order valence-corrected chi connectivity index (χ4v) is 3.16. The number of hydrogen-bond donors (Lipinski definition) is 1. The molecule has 0 aromatic heterocycles. The van der Waals surface area contributed by atoms with Gasteiger partial charge in [0.15, 0.2) is 0 Å². The Labute approximate surface area is 128 Å². The molecule has 1 saturated heterocycles. The van der Waals surface area contributed by atoms with E-state index in [1.807, 2.05) is 0 Å². The Morgan fingerprint density at radius 1 is 1.33 bits per heavy atom. The average Bonchev–Trinajstić information content (AvgIpc) is 3.20. The minimum Gasteiger partial charge on any atom is -0.490 e. The van der Waals surface area contributed by atoms with Crippen molar-refractivity contribution < 1.29 is 9.47 Å². The molecule has 0 amide bonds. The van der Waals surface area contributed by atoms with Crippen LogP contribution in [0, 0.1) is 5.92 Å². The van der Waals surface area contributed by atoms with Crippen LogP contribution in [0.4, 0.5) is 0 Å². The number of hydrogen-bond acceptors (Lipinski definition) is 3. The quantitative estimate of drug-likeness (QED) is 0.830. The highest BCUT2D eigenvalue weighted by molar-refractivity contribution is 5.31. The highest BCUT2D eigenvalue weighted by Crippen LogP contribution is 2.35. The summed E-state index contributed by atoms with van der Waals surface area (Å²) in [5.74, 6) is 1.57. The molecule has 21 heavy (non-hydrogen) atoms. The van der Waals surface area contributed by atoms with Crippen molar-refractivity contribution in [3.8, 4) is 5.75 Å². The van der Waals surface area contributed by atoms with Crippen molar-refractivity contribution in [1.29, 1.82) is 0 Å². The summed E-state index contributed by atoms with van der Waals surface area (Å²) < 4.78 is 11.7. The third kappa shape index (κ3) is 3.78. The molecule has 3 heteroatoms. The topological polar surface area (TPSA) is 30.5 Å². The molecule has 1 aliphatic heterocycles. The van der Waals surface area contributed by atoms with Gasteiger partial charge < -0.3 is 14.8 Å². The number of benzene rings is 1. The van der Waals surface area contributed by atoms with Crippen LogP contribution in [0.25, 0.3) is 0 Å². The Balaban J connectivity index is 1.77. The molecule has 1 N–H and O–H groups in total. The molecular weight excluding hydrogens is 262 g/mol. The molecule has 1 heterocycles. The van der Waals surface area contributed by atoms with Gasteiger partial charge in [0, 0.05) is 18.6 Å². The van der Waals surface area contributed by atoms with Crippen LogP contribution in [-0.4, -0.2) is 25.4 Å². The Bertz CT molecular complexity index is 458. The van der Waals surface area contributed by atoms with E-state index in [0.717, 1.165) is 31.7 Å². The molecule has 116 valence electrons. The first kappa shape index (κ1) is 14.9. The van der Waals surface area contributed by atoms with E-state index in [4.69, 9.17) is 9.47 Å². The van der Waals surface area contributed by atoms with Crippen LogP contribution in [-0.2, 0) is 4.74 Å². The lowest BCUT2D eigenvalue weighted by Gasteiger charge is -2.27. The Morgan fingerprint density at radius 2 is 2.19 bits per heavy atom. The molecule has 0 spiro atoms. The standard InChI is InChI=1S/C18H27NO2/c1-3-10-19-18(17-9-11-20-13(17)2)14-5-4-6-16(12-14)21-15-7-8-15/h4-6,12-13,15,17-19H,3,7-11H2,1-2H3. The van der Waals surface area contributed by atoms with Crippen molar-refractivity contribution >= 4 is 0 Å². The van der Waals surface area contributed by atoms with Crippen molar-refractivity contribution in [2.75, 3.05) is 13.2 Å². The summed E-state index contributed by atoms with van der Waals surface area (Å²) in [7, 11) is 0. The van der Waals surface area contributed by atoms with Crippen molar-refractivity contribution in [3.05, 3.63) is 29.8 Å². The summed E-state index contributed by atoms with van der Waals surface area (Å²) >= 11 is 0. The summed E-state index contributed by atoms with van der Waals surface area (Å²) in [5.41, 5.74) is 1.34. The molecule has 0 radical (unpaired) electrons. The number of nitrogens with one attached hydrogen (secondary N) is 1. The van der Waals surface area contributed by atoms with Gasteiger partial charge in [0.05, 0.1) is 12.2 Å². The van der Waals surface area contributed by atoms with E-state index in [1.165, 1.54) is 18.4 Å². The molecule has 2 aliphatic rings. The summed E-state index contributed by atoms with van der Waals surface area (Å²) in [4.78, 5) is 0. The van der Waals surface area contributed by atoms with Crippen LogP contribution in [0.5, 0.6) is 5.75 Å². The van der Waals surface area contributed by atoms with Gasteiger partial charge in [0.25, 0.3) is 0 Å². The first-order chi connectivity index (χ1) is 10.3. The third-order valence-electron chi connectivity index (χ3n) is 4.52. The molecule has 3 rings (SSSR count). The molecule has 3 atom stereocenters. The zero-order valence-electron chi connectivity index (χ0n) is 13.2. The first-order valence-corrected chi connectivity index (χ1v) is 8.39. The molecule has 1 aromatic carbocycles. The molecule has 3 nitrogen and oxygen atoms in total. The normalized spacial score (nSPS) is 26.8. The van der Waals surface area contributed by atoms with Gasteiger partial charge in [-0.05, 0) is 56.8 Å². The van der Waals surface area contributed by atoms with E-state index in [2.05, 4.69) is 43.4 Å². The lowest BCUT2D eigenvalue weighted by Crippen LogP contribution is -2.32. The SMILES string of the molecule is CCCNC(c1cccc(OC2CC2)c1)C1CCOC1C. The Hall–Kier alpha value is -1.06. The van der Waals surface area contributed by atoms with Crippen LogP contribution in [0.3, 0.4) is 0 Å². The van der Waals surface area contributed by atoms with Crippen molar-refractivity contribution in [2.45, 2.75) is 57.8 Å². The van der Waals surface area contributed by atoms with E-state index in [-0.39, 0.29) is 0 Å². The van der Waals surface area contributed by atoms with Crippen LogP contribution < -0.4 is 10.1 Å². The summed E-state index contributed by atoms with van der Waals surface area (Å²) in [6.45, 7) is 6.34. The van der Waals surface area contributed by atoms with Gasteiger partial charge in [0.2, 0.25) is 0 Å². The summed E-state index contributed by atoms with van der Waals surface area (Å²) in [6, 6.07) is 9.00. The average molecular weight is 289 g/mol. The van der Waals surface area contributed by atoms with Gasteiger partial charge in [-0.1, -0.05) is 19.1 Å². The van der Waals surface area contributed by atoms with E-state index in [9.17, 15) is 0 Å². The molecule has 2 fully saturated rings. The maximum absolute atomic E-state index is 5.95. The Kier molecular flexibility index (Phi) is 4.81. The van der Waals surface area contributed by atoms with Gasteiger partial charge in [-0.15, -0.1) is 0 Å². The maximum atomic E-state index is 5.95. The summed E-state index contributed by atoms with van der Waals surface area (Å²) in [5, 5.41) is 3.72. The minimum atomic E-state index is 0.326. The predicted molar refractivity (Wildman–Crippen MR) is 84.6 cm³/mol. The van der Waals surface area contributed by atoms with Gasteiger partial charge in [-0.3, -0.25) is 0 Å².